The van der Waals surface area contributed by atoms with Crippen molar-refractivity contribution in [3.05, 3.63) is 35.8 Å². The zero-order valence-corrected chi connectivity index (χ0v) is 8.85. The highest BCUT2D eigenvalue weighted by Crippen LogP contribution is 2.28. The summed E-state index contributed by atoms with van der Waals surface area (Å²) in [5.74, 6) is 0. The van der Waals surface area contributed by atoms with Crippen molar-refractivity contribution in [2.24, 2.45) is 5.73 Å². The largest absolute Gasteiger partial charge is 0.434 e. The summed E-state index contributed by atoms with van der Waals surface area (Å²) in [5.41, 5.74) is 5.49. The highest BCUT2D eigenvalue weighted by atomic mass is 35.5. The molecule has 0 amide bonds. The monoisotopic (exact) mass is 251 g/mol. The van der Waals surface area contributed by atoms with Crippen molar-refractivity contribution in [1.82, 2.24) is 9.38 Å². The van der Waals surface area contributed by atoms with E-state index in [1.165, 1.54) is 16.7 Å². The summed E-state index contributed by atoms with van der Waals surface area (Å²) in [6, 6.07) is 3.20. The van der Waals surface area contributed by atoms with Crippen molar-refractivity contribution >= 4 is 18.1 Å². The summed E-state index contributed by atoms with van der Waals surface area (Å²) in [6.07, 6.45) is -1.94. The number of fused-ring (bicyclic) bond motifs is 1. The van der Waals surface area contributed by atoms with Crippen LogP contribution in [0.1, 0.15) is 11.3 Å². The molecule has 0 unspecified atom stereocenters. The van der Waals surface area contributed by atoms with Crippen molar-refractivity contribution in [1.29, 1.82) is 0 Å². The summed E-state index contributed by atoms with van der Waals surface area (Å²) in [6.45, 7) is 0.282. The molecule has 0 saturated heterocycles. The molecule has 0 saturated carbocycles. The van der Waals surface area contributed by atoms with Crippen molar-refractivity contribution in [2.45, 2.75) is 12.7 Å². The van der Waals surface area contributed by atoms with Crippen LogP contribution in [-0.2, 0) is 12.7 Å². The number of hydrogen-bond acceptors (Lipinski definition) is 2. The minimum atomic E-state index is -4.41. The predicted octanol–water partition coefficient (Wildman–Crippen LogP) is 2.23. The minimum absolute atomic E-state index is 0. The molecule has 7 heteroatoms. The maximum Gasteiger partial charge on any atom is 0.434 e. The SMILES string of the molecule is Cl.NCc1ccn2cc(C(F)(F)F)nc2c1. The van der Waals surface area contributed by atoms with Gasteiger partial charge in [-0.05, 0) is 17.7 Å². The Bertz CT molecular complexity index is 492. The van der Waals surface area contributed by atoms with Crippen LogP contribution in [-0.4, -0.2) is 9.38 Å². The second-order valence-corrected chi connectivity index (χ2v) is 3.13. The molecule has 0 radical (unpaired) electrons. The number of nitrogens with two attached hydrogens (primary N) is 1. The summed E-state index contributed by atoms with van der Waals surface area (Å²) in [7, 11) is 0. The van der Waals surface area contributed by atoms with E-state index in [0.29, 0.717) is 0 Å². The number of nitrogens with zero attached hydrogens (tertiary/aromatic N) is 2. The van der Waals surface area contributed by atoms with Crippen LogP contribution >= 0.6 is 12.4 Å². The fourth-order valence-electron chi connectivity index (χ4n) is 1.29. The molecule has 0 aliphatic rings. The first-order valence-electron chi connectivity index (χ1n) is 4.25. The molecule has 0 atom stereocenters. The van der Waals surface area contributed by atoms with Gasteiger partial charge in [0.15, 0.2) is 5.69 Å². The Labute approximate surface area is 95.5 Å². The van der Waals surface area contributed by atoms with Gasteiger partial charge >= 0.3 is 6.18 Å². The molecule has 88 valence electrons. The fourth-order valence-corrected chi connectivity index (χ4v) is 1.29. The molecule has 2 aromatic heterocycles. The van der Waals surface area contributed by atoms with E-state index in [9.17, 15) is 13.2 Å². The second kappa shape index (κ2) is 4.31. The summed E-state index contributed by atoms with van der Waals surface area (Å²) in [4.78, 5) is 3.47. The van der Waals surface area contributed by atoms with E-state index in [0.717, 1.165) is 11.8 Å². The number of alkyl halides is 3. The van der Waals surface area contributed by atoms with Crippen LogP contribution in [0.5, 0.6) is 0 Å². The van der Waals surface area contributed by atoms with Gasteiger partial charge in [-0.3, -0.25) is 0 Å². The Morgan fingerprint density at radius 3 is 2.62 bits per heavy atom. The molecular weight excluding hydrogens is 243 g/mol. The molecular formula is C9H9ClF3N3. The quantitative estimate of drug-likeness (QED) is 0.845. The molecule has 2 rings (SSSR count). The number of imidazole rings is 1. The predicted molar refractivity (Wildman–Crippen MR) is 55.3 cm³/mol. The van der Waals surface area contributed by atoms with E-state index < -0.39 is 11.9 Å². The van der Waals surface area contributed by atoms with Crippen molar-refractivity contribution in [3.63, 3.8) is 0 Å². The average Bonchev–Trinajstić information content (AvgIpc) is 2.59. The van der Waals surface area contributed by atoms with Gasteiger partial charge in [-0.1, -0.05) is 0 Å². The van der Waals surface area contributed by atoms with E-state index in [2.05, 4.69) is 4.98 Å². The van der Waals surface area contributed by atoms with Crippen molar-refractivity contribution in [3.8, 4) is 0 Å². The van der Waals surface area contributed by atoms with Crippen LogP contribution in [0, 0.1) is 0 Å². The van der Waals surface area contributed by atoms with Gasteiger partial charge in [-0.2, -0.15) is 13.2 Å². The Morgan fingerprint density at radius 2 is 2.06 bits per heavy atom. The maximum atomic E-state index is 12.3. The van der Waals surface area contributed by atoms with Crippen LogP contribution in [0.3, 0.4) is 0 Å². The van der Waals surface area contributed by atoms with Gasteiger partial charge in [-0.25, -0.2) is 4.98 Å². The smallest absolute Gasteiger partial charge is 0.326 e. The topological polar surface area (TPSA) is 43.3 Å². The standard InChI is InChI=1S/C9H8F3N3.ClH/c10-9(11,12)7-5-15-2-1-6(4-13)3-8(15)14-7;/h1-3,5H,4,13H2;1H. The van der Waals surface area contributed by atoms with E-state index in [1.54, 1.807) is 6.07 Å². The third-order valence-electron chi connectivity index (χ3n) is 2.05. The Morgan fingerprint density at radius 1 is 1.38 bits per heavy atom. The number of pyridine rings is 1. The Hall–Kier alpha value is -1.27. The van der Waals surface area contributed by atoms with Crippen LogP contribution in [0.4, 0.5) is 13.2 Å². The second-order valence-electron chi connectivity index (χ2n) is 3.13. The Kier molecular flexibility index (Phi) is 3.44. The van der Waals surface area contributed by atoms with Gasteiger partial charge in [0.2, 0.25) is 0 Å². The van der Waals surface area contributed by atoms with Gasteiger partial charge in [0.1, 0.15) is 5.65 Å². The first kappa shape index (κ1) is 12.8. The molecule has 3 nitrogen and oxygen atoms in total. The fraction of sp³-hybridized carbons (Fsp3) is 0.222. The molecule has 2 N–H and O–H groups in total. The molecule has 0 bridgehead atoms. The van der Waals surface area contributed by atoms with E-state index in [1.807, 2.05) is 0 Å². The Balaban J connectivity index is 0.00000128. The molecule has 2 aromatic rings. The molecule has 0 aromatic carbocycles. The molecule has 0 spiro atoms. The molecule has 2 heterocycles. The summed E-state index contributed by atoms with van der Waals surface area (Å²) < 4.78 is 38.2. The summed E-state index contributed by atoms with van der Waals surface area (Å²) >= 11 is 0. The van der Waals surface area contributed by atoms with Gasteiger partial charge in [0.05, 0.1) is 0 Å². The average molecular weight is 252 g/mol. The summed E-state index contributed by atoms with van der Waals surface area (Å²) in [5, 5.41) is 0. The lowest BCUT2D eigenvalue weighted by atomic mass is 10.3. The number of aromatic nitrogens is 2. The van der Waals surface area contributed by atoms with Crippen LogP contribution in [0.2, 0.25) is 0 Å². The maximum absolute atomic E-state index is 12.3. The van der Waals surface area contributed by atoms with Crippen LogP contribution in [0.15, 0.2) is 24.5 Å². The molecule has 16 heavy (non-hydrogen) atoms. The lowest BCUT2D eigenvalue weighted by molar-refractivity contribution is -0.140. The normalized spacial score (nSPS) is 11.5. The van der Waals surface area contributed by atoms with Crippen LogP contribution in [0.25, 0.3) is 5.65 Å². The molecule has 0 aliphatic carbocycles. The van der Waals surface area contributed by atoms with Crippen molar-refractivity contribution in [2.75, 3.05) is 0 Å². The van der Waals surface area contributed by atoms with Gasteiger partial charge in [0.25, 0.3) is 0 Å². The van der Waals surface area contributed by atoms with Gasteiger partial charge in [-0.15, -0.1) is 12.4 Å². The van der Waals surface area contributed by atoms with Gasteiger partial charge in [0, 0.05) is 18.9 Å². The zero-order valence-electron chi connectivity index (χ0n) is 8.03. The van der Waals surface area contributed by atoms with Crippen molar-refractivity contribution < 1.29 is 13.2 Å². The number of halogens is 4. The van der Waals surface area contributed by atoms with E-state index in [-0.39, 0.29) is 24.6 Å². The van der Waals surface area contributed by atoms with E-state index >= 15 is 0 Å². The zero-order chi connectivity index (χ0) is 11.1. The highest BCUT2D eigenvalue weighted by molar-refractivity contribution is 5.85. The number of hydrogen-bond donors (Lipinski definition) is 1. The molecule has 0 aliphatic heterocycles. The minimum Gasteiger partial charge on any atom is -0.326 e. The van der Waals surface area contributed by atoms with E-state index in [4.69, 9.17) is 5.73 Å². The number of rotatable bonds is 1. The molecule has 0 fully saturated rings. The lowest BCUT2D eigenvalue weighted by Crippen LogP contribution is -2.04. The van der Waals surface area contributed by atoms with Gasteiger partial charge < -0.3 is 10.1 Å². The highest BCUT2D eigenvalue weighted by Gasteiger charge is 2.33. The third kappa shape index (κ3) is 2.28. The third-order valence-corrected chi connectivity index (χ3v) is 2.05. The van der Waals surface area contributed by atoms with Crippen LogP contribution < -0.4 is 5.73 Å². The lowest BCUT2D eigenvalue weighted by Gasteiger charge is -1.98. The first-order chi connectivity index (χ1) is 7.00. The first-order valence-corrected chi connectivity index (χ1v) is 4.25.